The lowest BCUT2D eigenvalue weighted by atomic mass is 10.1. The minimum absolute atomic E-state index is 0.105. The summed E-state index contributed by atoms with van der Waals surface area (Å²) in [6.07, 6.45) is 0. The predicted octanol–water partition coefficient (Wildman–Crippen LogP) is 3.66. The Morgan fingerprint density at radius 2 is 1.79 bits per heavy atom. The Labute approximate surface area is 143 Å². The first-order valence-electron chi connectivity index (χ1n) is 7.46. The minimum Gasteiger partial charge on any atom is -0.461 e. The normalized spacial score (nSPS) is 10.6. The number of para-hydroxylation sites is 1. The van der Waals surface area contributed by atoms with E-state index < -0.39 is 5.97 Å². The number of hydrogen-bond acceptors (Lipinski definition) is 3. The van der Waals surface area contributed by atoms with Crippen LogP contribution in [0.3, 0.4) is 0 Å². The lowest BCUT2D eigenvalue weighted by molar-refractivity contribution is 0.0520. The second-order valence-electron chi connectivity index (χ2n) is 5.04. The molecule has 1 heterocycles. The second-order valence-corrected chi connectivity index (χ2v) is 5.45. The number of hydrogen-bond donors (Lipinski definition) is 1. The molecule has 0 saturated heterocycles. The molecule has 122 valence electrons. The number of esters is 1. The summed E-state index contributed by atoms with van der Waals surface area (Å²) in [7, 11) is 0. The molecule has 24 heavy (non-hydrogen) atoms. The number of H-pyrrole nitrogens is 1. The van der Waals surface area contributed by atoms with Crippen LogP contribution in [0.5, 0.6) is 0 Å². The van der Waals surface area contributed by atoms with E-state index in [0.717, 1.165) is 0 Å². The van der Waals surface area contributed by atoms with Crippen molar-refractivity contribution >= 4 is 17.6 Å². The minimum atomic E-state index is -0.584. The SMILES string of the molecule is CCOC(=O)c1[nH]n(-c2ccccc2Cl)c(=O)c1-c1ccccc1. The van der Waals surface area contributed by atoms with Crippen LogP contribution < -0.4 is 5.56 Å². The van der Waals surface area contributed by atoms with Gasteiger partial charge in [0, 0.05) is 0 Å². The zero-order chi connectivity index (χ0) is 17.1. The van der Waals surface area contributed by atoms with Crippen molar-refractivity contribution in [2.45, 2.75) is 6.92 Å². The number of carbonyl (C=O) groups excluding carboxylic acids is 1. The third-order valence-corrected chi connectivity index (χ3v) is 3.85. The summed E-state index contributed by atoms with van der Waals surface area (Å²) in [6.45, 7) is 1.93. The Morgan fingerprint density at radius 3 is 2.46 bits per heavy atom. The topological polar surface area (TPSA) is 64.1 Å². The van der Waals surface area contributed by atoms with Crippen molar-refractivity contribution < 1.29 is 9.53 Å². The Morgan fingerprint density at radius 1 is 1.12 bits per heavy atom. The standard InChI is InChI=1S/C18H15ClN2O3/c1-2-24-18(23)16-15(12-8-4-3-5-9-12)17(22)21(20-16)14-11-7-6-10-13(14)19/h3-11,20H,2H2,1H3. The van der Waals surface area contributed by atoms with Crippen molar-refractivity contribution in [3.63, 3.8) is 0 Å². The first kappa shape index (κ1) is 16.1. The van der Waals surface area contributed by atoms with Gasteiger partial charge in [-0.15, -0.1) is 0 Å². The van der Waals surface area contributed by atoms with Gasteiger partial charge in [0.05, 0.1) is 22.9 Å². The third-order valence-electron chi connectivity index (χ3n) is 3.53. The fraction of sp³-hybridized carbons (Fsp3) is 0.111. The van der Waals surface area contributed by atoms with Gasteiger partial charge in [-0.05, 0) is 24.6 Å². The summed E-state index contributed by atoms with van der Waals surface area (Å²) < 4.78 is 6.33. The fourth-order valence-electron chi connectivity index (χ4n) is 2.46. The van der Waals surface area contributed by atoms with E-state index in [1.165, 1.54) is 4.68 Å². The molecule has 0 atom stereocenters. The highest BCUT2D eigenvalue weighted by Gasteiger charge is 2.23. The number of nitrogens with one attached hydrogen (secondary N) is 1. The number of nitrogens with zero attached hydrogens (tertiary/aromatic N) is 1. The highest BCUT2D eigenvalue weighted by Crippen LogP contribution is 2.23. The maximum atomic E-state index is 12.9. The van der Waals surface area contributed by atoms with Gasteiger partial charge in [0.1, 0.15) is 0 Å². The van der Waals surface area contributed by atoms with Crippen molar-refractivity contribution in [1.82, 2.24) is 9.78 Å². The molecule has 0 aliphatic carbocycles. The Hall–Kier alpha value is -2.79. The van der Waals surface area contributed by atoms with Crippen molar-refractivity contribution in [3.8, 4) is 16.8 Å². The molecule has 0 saturated carbocycles. The van der Waals surface area contributed by atoms with E-state index >= 15 is 0 Å². The molecule has 6 heteroatoms. The van der Waals surface area contributed by atoms with E-state index in [1.807, 2.05) is 6.07 Å². The second kappa shape index (κ2) is 6.76. The Kier molecular flexibility index (Phi) is 4.53. The van der Waals surface area contributed by atoms with Crippen LogP contribution in [0.1, 0.15) is 17.4 Å². The van der Waals surface area contributed by atoms with Gasteiger partial charge >= 0.3 is 5.97 Å². The number of rotatable bonds is 4. The Balaban J connectivity index is 2.26. The van der Waals surface area contributed by atoms with Crippen LogP contribution in [-0.2, 0) is 4.74 Å². The number of carbonyl (C=O) groups is 1. The van der Waals surface area contributed by atoms with Crippen molar-refractivity contribution in [3.05, 3.63) is 75.7 Å². The average Bonchev–Trinajstić information content (AvgIpc) is 2.94. The molecule has 5 nitrogen and oxygen atoms in total. The fourth-order valence-corrected chi connectivity index (χ4v) is 2.68. The maximum Gasteiger partial charge on any atom is 0.357 e. The van der Waals surface area contributed by atoms with Gasteiger partial charge in [-0.25, -0.2) is 9.48 Å². The van der Waals surface area contributed by atoms with Gasteiger partial charge in [-0.1, -0.05) is 54.1 Å². The first-order valence-corrected chi connectivity index (χ1v) is 7.83. The molecule has 0 unspecified atom stereocenters. The zero-order valence-electron chi connectivity index (χ0n) is 13.0. The van der Waals surface area contributed by atoms with Gasteiger partial charge < -0.3 is 4.74 Å². The molecule has 0 bridgehead atoms. The number of aromatic amines is 1. The maximum absolute atomic E-state index is 12.9. The van der Waals surface area contributed by atoms with Gasteiger partial charge in [0.15, 0.2) is 5.69 Å². The lowest BCUT2D eigenvalue weighted by Gasteiger charge is -2.04. The van der Waals surface area contributed by atoms with Gasteiger partial charge in [0.2, 0.25) is 0 Å². The quantitative estimate of drug-likeness (QED) is 0.736. The van der Waals surface area contributed by atoms with Crippen LogP contribution in [0.25, 0.3) is 16.8 Å². The predicted molar refractivity (Wildman–Crippen MR) is 92.8 cm³/mol. The summed E-state index contributed by atoms with van der Waals surface area (Å²) >= 11 is 6.18. The van der Waals surface area contributed by atoms with E-state index in [9.17, 15) is 9.59 Å². The van der Waals surface area contributed by atoms with E-state index in [2.05, 4.69) is 5.10 Å². The highest BCUT2D eigenvalue weighted by molar-refractivity contribution is 6.32. The third kappa shape index (κ3) is 2.86. The first-order chi connectivity index (χ1) is 11.6. The van der Waals surface area contributed by atoms with Gasteiger partial charge in [0.25, 0.3) is 5.56 Å². The van der Waals surface area contributed by atoms with Crippen LogP contribution in [0.4, 0.5) is 0 Å². The van der Waals surface area contributed by atoms with E-state index in [4.69, 9.17) is 16.3 Å². The van der Waals surface area contributed by atoms with Gasteiger partial charge in [-0.2, -0.15) is 0 Å². The zero-order valence-corrected chi connectivity index (χ0v) is 13.7. The van der Waals surface area contributed by atoms with Gasteiger partial charge in [-0.3, -0.25) is 9.89 Å². The molecule has 3 rings (SSSR count). The summed E-state index contributed by atoms with van der Waals surface area (Å²) in [4.78, 5) is 25.2. The van der Waals surface area contributed by atoms with Crippen LogP contribution >= 0.6 is 11.6 Å². The molecule has 0 spiro atoms. The monoisotopic (exact) mass is 342 g/mol. The molecular formula is C18H15ClN2O3. The molecule has 2 aromatic carbocycles. The highest BCUT2D eigenvalue weighted by atomic mass is 35.5. The molecule has 1 N–H and O–H groups in total. The van der Waals surface area contributed by atoms with Crippen LogP contribution in [0, 0.1) is 0 Å². The smallest absolute Gasteiger partial charge is 0.357 e. The van der Waals surface area contributed by atoms with Crippen LogP contribution in [-0.4, -0.2) is 22.4 Å². The van der Waals surface area contributed by atoms with E-state index in [-0.39, 0.29) is 23.4 Å². The Bertz CT molecular complexity index is 929. The molecular weight excluding hydrogens is 328 g/mol. The molecule has 0 amide bonds. The molecule has 0 aliphatic rings. The molecule has 3 aromatic rings. The molecule has 0 radical (unpaired) electrons. The number of aromatic nitrogens is 2. The largest absolute Gasteiger partial charge is 0.461 e. The average molecular weight is 343 g/mol. The van der Waals surface area contributed by atoms with Crippen LogP contribution in [0.2, 0.25) is 5.02 Å². The summed E-state index contributed by atoms with van der Waals surface area (Å²) in [5, 5.41) is 3.23. The number of ether oxygens (including phenoxy) is 1. The molecule has 1 aromatic heterocycles. The lowest BCUT2D eigenvalue weighted by Crippen LogP contribution is -2.16. The molecule has 0 aliphatic heterocycles. The van der Waals surface area contributed by atoms with Crippen molar-refractivity contribution in [2.24, 2.45) is 0 Å². The number of halogens is 1. The van der Waals surface area contributed by atoms with Crippen LogP contribution in [0.15, 0.2) is 59.4 Å². The summed E-state index contributed by atoms with van der Waals surface area (Å²) in [6, 6.07) is 15.9. The summed E-state index contributed by atoms with van der Waals surface area (Å²) in [5.74, 6) is -0.584. The summed E-state index contributed by atoms with van der Waals surface area (Å²) in [5.41, 5.74) is 1.10. The number of benzene rings is 2. The molecule has 0 fully saturated rings. The van der Waals surface area contributed by atoms with Crippen molar-refractivity contribution in [2.75, 3.05) is 6.61 Å². The van der Waals surface area contributed by atoms with Crippen molar-refractivity contribution in [1.29, 1.82) is 0 Å². The van der Waals surface area contributed by atoms with E-state index in [0.29, 0.717) is 16.3 Å². The van der Waals surface area contributed by atoms with E-state index in [1.54, 1.807) is 55.5 Å².